The van der Waals surface area contributed by atoms with Gasteiger partial charge < -0.3 is 24.9 Å². The molecule has 28 heavy (non-hydrogen) atoms. The van der Waals surface area contributed by atoms with Crippen molar-refractivity contribution in [2.45, 2.75) is 52.2 Å². The van der Waals surface area contributed by atoms with E-state index in [1.807, 2.05) is 38.1 Å². The van der Waals surface area contributed by atoms with Crippen LogP contribution in [0.1, 0.15) is 51.8 Å². The molecule has 3 atom stereocenters. The Kier molecular flexibility index (Phi) is 8.88. The highest BCUT2D eigenvalue weighted by Gasteiger charge is 2.25. The number of rotatable bonds is 7. The van der Waals surface area contributed by atoms with Crippen LogP contribution in [0.25, 0.3) is 11.0 Å². The van der Waals surface area contributed by atoms with Gasteiger partial charge >= 0.3 is 0 Å². The van der Waals surface area contributed by atoms with E-state index in [-0.39, 0.29) is 42.0 Å². The van der Waals surface area contributed by atoms with E-state index in [4.69, 9.17) is 9.15 Å². The first-order valence-corrected chi connectivity index (χ1v) is 10.0. The van der Waals surface area contributed by atoms with Gasteiger partial charge in [0.1, 0.15) is 5.76 Å². The number of halogens is 1. The third kappa shape index (κ3) is 5.53. The highest BCUT2D eigenvalue weighted by Crippen LogP contribution is 2.31. The van der Waals surface area contributed by atoms with Gasteiger partial charge in [-0.3, -0.25) is 4.99 Å². The fourth-order valence-corrected chi connectivity index (χ4v) is 3.57. The Morgan fingerprint density at radius 1 is 1.36 bits per heavy atom. The second kappa shape index (κ2) is 10.9. The molecule has 1 fully saturated rings. The van der Waals surface area contributed by atoms with Crippen LogP contribution in [-0.4, -0.2) is 36.9 Å². The third-order valence-electron chi connectivity index (χ3n) is 5.05. The van der Waals surface area contributed by atoms with Crippen LogP contribution in [0, 0.1) is 5.92 Å². The lowest BCUT2D eigenvalue weighted by atomic mass is 10.1. The average Bonchev–Trinajstić information content (AvgIpc) is 3.27. The molecule has 0 saturated heterocycles. The smallest absolute Gasteiger partial charge is 0.191 e. The number of furan rings is 1. The van der Waals surface area contributed by atoms with E-state index < -0.39 is 0 Å². The monoisotopic (exact) mass is 501 g/mol. The van der Waals surface area contributed by atoms with Gasteiger partial charge in [-0.05, 0) is 45.7 Å². The van der Waals surface area contributed by atoms with Crippen molar-refractivity contribution in [1.29, 1.82) is 0 Å². The van der Waals surface area contributed by atoms with Crippen LogP contribution in [0.3, 0.4) is 0 Å². The molecule has 2 aromatic rings. The highest BCUT2D eigenvalue weighted by atomic mass is 127. The largest absolute Gasteiger partial charge is 0.490 e. The minimum absolute atomic E-state index is 0. The summed E-state index contributed by atoms with van der Waals surface area (Å²) in [5.41, 5.74) is 0.777. The van der Waals surface area contributed by atoms with E-state index in [0.29, 0.717) is 13.2 Å². The van der Waals surface area contributed by atoms with E-state index in [9.17, 15) is 5.11 Å². The number of guanidine groups is 1. The van der Waals surface area contributed by atoms with E-state index >= 15 is 0 Å². The van der Waals surface area contributed by atoms with E-state index in [1.54, 1.807) is 0 Å². The van der Waals surface area contributed by atoms with Gasteiger partial charge in [0.05, 0.1) is 18.8 Å². The fraction of sp³-hybridized carbons (Fsp3) is 0.571. The van der Waals surface area contributed by atoms with Gasteiger partial charge in [-0.25, -0.2) is 0 Å². The van der Waals surface area contributed by atoms with Crippen LogP contribution in [0.5, 0.6) is 5.75 Å². The van der Waals surface area contributed by atoms with Gasteiger partial charge in [-0.2, -0.15) is 0 Å². The maximum absolute atomic E-state index is 10.0. The van der Waals surface area contributed by atoms with Gasteiger partial charge in [0, 0.05) is 24.4 Å². The molecule has 1 aromatic carbocycles. The Morgan fingerprint density at radius 2 is 2.18 bits per heavy atom. The molecule has 0 bridgehead atoms. The van der Waals surface area contributed by atoms with Crippen molar-refractivity contribution >= 4 is 40.9 Å². The molecular weight excluding hydrogens is 469 g/mol. The maximum atomic E-state index is 10.0. The van der Waals surface area contributed by atoms with E-state index in [1.165, 1.54) is 0 Å². The first-order valence-electron chi connectivity index (χ1n) is 10.0. The zero-order chi connectivity index (χ0) is 19.2. The molecule has 1 aliphatic rings. The summed E-state index contributed by atoms with van der Waals surface area (Å²) in [6.45, 7) is 8.08. The number of hydrogen-bond donors (Lipinski definition) is 3. The van der Waals surface area contributed by atoms with Gasteiger partial charge in [0.25, 0.3) is 0 Å². The SMILES string of the molecule is CCNC(=NCC1CCCC1O)NC(C)c1cc2cccc(OCC)c2o1.I. The van der Waals surface area contributed by atoms with Gasteiger partial charge in [-0.1, -0.05) is 18.6 Å². The summed E-state index contributed by atoms with van der Waals surface area (Å²) in [4.78, 5) is 4.68. The molecule has 3 rings (SSSR count). The lowest BCUT2D eigenvalue weighted by Crippen LogP contribution is -2.39. The van der Waals surface area contributed by atoms with Crippen molar-refractivity contribution in [2.75, 3.05) is 19.7 Å². The first-order chi connectivity index (χ1) is 13.1. The molecule has 7 heteroatoms. The minimum Gasteiger partial charge on any atom is -0.490 e. The predicted octanol–water partition coefficient (Wildman–Crippen LogP) is 4.23. The normalized spacial score (nSPS) is 20.6. The molecule has 156 valence electrons. The average molecular weight is 501 g/mol. The van der Waals surface area contributed by atoms with Crippen molar-refractivity contribution in [2.24, 2.45) is 10.9 Å². The summed E-state index contributed by atoms with van der Waals surface area (Å²) in [6.07, 6.45) is 2.80. The van der Waals surface area contributed by atoms with E-state index in [0.717, 1.165) is 54.2 Å². The van der Waals surface area contributed by atoms with Gasteiger partial charge in [0.15, 0.2) is 17.3 Å². The Morgan fingerprint density at radius 3 is 2.86 bits per heavy atom. The Balaban J connectivity index is 0.00000280. The number of para-hydroxylation sites is 1. The molecule has 0 spiro atoms. The fourth-order valence-electron chi connectivity index (χ4n) is 3.57. The van der Waals surface area contributed by atoms with E-state index in [2.05, 4.69) is 22.5 Å². The number of aliphatic hydroxyl groups is 1. The molecule has 0 radical (unpaired) electrons. The molecule has 1 aliphatic carbocycles. The lowest BCUT2D eigenvalue weighted by molar-refractivity contribution is 0.136. The number of ether oxygens (including phenoxy) is 1. The number of aliphatic imine (C=N–C) groups is 1. The summed E-state index contributed by atoms with van der Waals surface area (Å²) in [5, 5.41) is 17.7. The number of benzene rings is 1. The second-order valence-electron chi connectivity index (χ2n) is 7.10. The molecule has 6 nitrogen and oxygen atoms in total. The van der Waals surface area contributed by atoms with Crippen LogP contribution in [-0.2, 0) is 0 Å². The predicted molar refractivity (Wildman–Crippen MR) is 124 cm³/mol. The van der Waals surface area contributed by atoms with Crippen molar-refractivity contribution in [1.82, 2.24) is 10.6 Å². The second-order valence-corrected chi connectivity index (χ2v) is 7.10. The molecule has 1 heterocycles. The quantitative estimate of drug-likeness (QED) is 0.301. The number of nitrogens with zero attached hydrogens (tertiary/aromatic N) is 1. The number of fused-ring (bicyclic) bond motifs is 1. The molecule has 3 unspecified atom stereocenters. The Labute approximate surface area is 184 Å². The van der Waals surface area contributed by atoms with Crippen LogP contribution in [0.4, 0.5) is 0 Å². The van der Waals surface area contributed by atoms with Crippen molar-refractivity contribution in [3.63, 3.8) is 0 Å². The summed E-state index contributed by atoms with van der Waals surface area (Å²) < 4.78 is 11.7. The van der Waals surface area contributed by atoms with Crippen molar-refractivity contribution in [3.05, 3.63) is 30.0 Å². The van der Waals surface area contributed by atoms with Gasteiger partial charge in [0.2, 0.25) is 0 Å². The number of aliphatic hydroxyl groups excluding tert-OH is 1. The molecule has 1 saturated carbocycles. The summed E-state index contributed by atoms with van der Waals surface area (Å²) in [7, 11) is 0. The molecule has 1 aromatic heterocycles. The van der Waals surface area contributed by atoms with Crippen molar-refractivity contribution in [3.8, 4) is 5.75 Å². The first kappa shape index (κ1) is 22.8. The lowest BCUT2D eigenvalue weighted by Gasteiger charge is -2.18. The Bertz CT molecular complexity index is 777. The zero-order valence-electron chi connectivity index (χ0n) is 16.9. The molecule has 0 aliphatic heterocycles. The Hall–Kier alpha value is -1.48. The van der Waals surface area contributed by atoms with Crippen LogP contribution in [0.2, 0.25) is 0 Å². The van der Waals surface area contributed by atoms with Crippen molar-refractivity contribution < 1.29 is 14.3 Å². The zero-order valence-corrected chi connectivity index (χ0v) is 19.2. The molecule has 0 amide bonds. The van der Waals surface area contributed by atoms with Gasteiger partial charge in [-0.15, -0.1) is 24.0 Å². The molecular formula is C21H32IN3O3. The summed E-state index contributed by atoms with van der Waals surface area (Å²) in [6, 6.07) is 7.93. The third-order valence-corrected chi connectivity index (χ3v) is 5.05. The maximum Gasteiger partial charge on any atom is 0.191 e. The van der Waals surface area contributed by atoms with Crippen LogP contribution in [0.15, 0.2) is 33.7 Å². The topological polar surface area (TPSA) is 79.0 Å². The standard InChI is InChI=1S/C21H31N3O3.HI/c1-4-22-21(23-13-16-9-6-10-17(16)25)24-14(3)19-12-15-8-7-11-18(26-5-2)20(15)27-19;/h7-8,11-12,14,16-17,25H,4-6,9-10,13H2,1-3H3,(H2,22,23,24);1H. The summed E-state index contributed by atoms with van der Waals surface area (Å²) >= 11 is 0. The van der Waals surface area contributed by atoms with Crippen LogP contribution >= 0.6 is 24.0 Å². The highest BCUT2D eigenvalue weighted by molar-refractivity contribution is 14.0. The number of hydrogen-bond acceptors (Lipinski definition) is 4. The summed E-state index contributed by atoms with van der Waals surface area (Å²) in [5.74, 6) is 2.61. The minimum atomic E-state index is -0.221. The molecule has 3 N–H and O–H groups in total. The number of nitrogens with one attached hydrogen (secondary N) is 2. The van der Waals surface area contributed by atoms with Crippen LogP contribution < -0.4 is 15.4 Å².